The third-order valence-corrected chi connectivity index (χ3v) is 6.72. The van der Waals surface area contributed by atoms with E-state index in [4.69, 9.17) is 0 Å². The Bertz CT molecular complexity index is 501. The zero-order valence-electron chi connectivity index (χ0n) is 16.8. The molecule has 0 aromatic heterocycles. The summed E-state index contributed by atoms with van der Waals surface area (Å²) in [7, 11) is 0.310. The van der Waals surface area contributed by atoms with Gasteiger partial charge in [0, 0.05) is 46.3 Å². The standard InChI is InChI=1S/C17H37N5O2S.HI/c1-5-25(23,24)21(4)13-8-11-19-17(18-3)20-12-9-15-22-14-7-6-10-16(22)2;/h16H,5-15H2,1-4H3,(H2,18,19,20);1H. The molecule has 1 heterocycles. The van der Waals surface area contributed by atoms with Crippen LogP contribution in [0.2, 0.25) is 0 Å². The minimum absolute atomic E-state index is 0. The fourth-order valence-corrected chi connectivity index (χ4v) is 3.92. The van der Waals surface area contributed by atoms with Gasteiger partial charge in [-0.2, -0.15) is 0 Å². The first-order chi connectivity index (χ1) is 11.9. The van der Waals surface area contributed by atoms with Crippen LogP contribution in [0.5, 0.6) is 0 Å². The van der Waals surface area contributed by atoms with Crippen LogP contribution in [0.25, 0.3) is 0 Å². The Morgan fingerprint density at radius 2 is 1.88 bits per heavy atom. The summed E-state index contributed by atoms with van der Waals surface area (Å²) in [6.07, 6.45) is 5.85. The van der Waals surface area contributed by atoms with E-state index in [0.717, 1.165) is 31.9 Å². The number of aliphatic imine (C=N–C) groups is 1. The zero-order valence-corrected chi connectivity index (χ0v) is 20.0. The van der Waals surface area contributed by atoms with Crippen molar-refractivity contribution in [3.8, 4) is 0 Å². The van der Waals surface area contributed by atoms with Gasteiger partial charge in [0.05, 0.1) is 5.75 Å². The van der Waals surface area contributed by atoms with Crippen molar-refractivity contribution < 1.29 is 8.42 Å². The molecule has 1 aliphatic rings. The number of rotatable bonds is 10. The van der Waals surface area contributed by atoms with Crippen molar-refractivity contribution >= 4 is 40.0 Å². The lowest BCUT2D eigenvalue weighted by Gasteiger charge is -2.33. The number of likely N-dealkylation sites (tertiary alicyclic amines) is 1. The molecule has 1 saturated heterocycles. The van der Waals surface area contributed by atoms with Crippen molar-refractivity contribution in [3.63, 3.8) is 0 Å². The largest absolute Gasteiger partial charge is 0.356 e. The molecule has 7 nitrogen and oxygen atoms in total. The van der Waals surface area contributed by atoms with Crippen LogP contribution in [0, 0.1) is 0 Å². The molecule has 0 amide bonds. The van der Waals surface area contributed by atoms with E-state index in [1.807, 2.05) is 0 Å². The molecule has 0 bridgehead atoms. The van der Waals surface area contributed by atoms with Crippen LogP contribution in [-0.4, -0.2) is 82.2 Å². The summed E-state index contributed by atoms with van der Waals surface area (Å²) in [4.78, 5) is 6.79. The summed E-state index contributed by atoms with van der Waals surface area (Å²) in [5.41, 5.74) is 0. The zero-order chi connectivity index (χ0) is 18.7. The fourth-order valence-electron chi connectivity index (χ4n) is 3.07. The van der Waals surface area contributed by atoms with Crippen LogP contribution >= 0.6 is 24.0 Å². The smallest absolute Gasteiger partial charge is 0.213 e. The number of hydrogen-bond acceptors (Lipinski definition) is 4. The Labute approximate surface area is 177 Å². The Balaban J connectivity index is 0.00000625. The number of nitrogens with one attached hydrogen (secondary N) is 2. The molecule has 9 heteroatoms. The molecule has 1 rings (SSSR count). The topological polar surface area (TPSA) is 77.0 Å². The van der Waals surface area contributed by atoms with E-state index in [-0.39, 0.29) is 29.7 Å². The lowest BCUT2D eigenvalue weighted by atomic mass is 10.0. The highest BCUT2D eigenvalue weighted by Crippen LogP contribution is 2.15. The van der Waals surface area contributed by atoms with Crippen molar-refractivity contribution in [2.75, 3.05) is 52.6 Å². The summed E-state index contributed by atoms with van der Waals surface area (Å²) < 4.78 is 24.8. The first-order valence-corrected chi connectivity index (χ1v) is 11.1. The second-order valence-electron chi connectivity index (χ2n) is 6.74. The molecule has 0 spiro atoms. The molecular weight excluding hydrogens is 465 g/mol. The van der Waals surface area contributed by atoms with Gasteiger partial charge in [-0.1, -0.05) is 6.42 Å². The van der Waals surface area contributed by atoms with Crippen LogP contribution < -0.4 is 10.6 Å². The first-order valence-electron chi connectivity index (χ1n) is 9.53. The van der Waals surface area contributed by atoms with Crippen molar-refractivity contribution in [1.82, 2.24) is 19.8 Å². The number of guanidine groups is 1. The molecule has 1 unspecified atom stereocenters. The molecular formula is C17H38IN5O2S. The SMILES string of the molecule is CCS(=O)(=O)N(C)CCCNC(=NC)NCCCN1CCCCC1C.I. The number of halogens is 1. The maximum Gasteiger partial charge on any atom is 0.213 e. The third kappa shape index (κ3) is 9.70. The lowest BCUT2D eigenvalue weighted by molar-refractivity contribution is 0.159. The number of nitrogens with zero attached hydrogens (tertiary/aromatic N) is 3. The minimum atomic E-state index is -3.08. The Hall–Kier alpha value is -0.130. The van der Waals surface area contributed by atoms with Gasteiger partial charge >= 0.3 is 0 Å². The monoisotopic (exact) mass is 503 g/mol. The second kappa shape index (κ2) is 14.0. The molecule has 2 N–H and O–H groups in total. The van der Waals surface area contributed by atoms with Gasteiger partial charge in [-0.15, -0.1) is 24.0 Å². The van der Waals surface area contributed by atoms with Gasteiger partial charge in [0.2, 0.25) is 10.0 Å². The van der Waals surface area contributed by atoms with E-state index in [9.17, 15) is 8.42 Å². The molecule has 0 aromatic carbocycles. The highest BCUT2D eigenvalue weighted by molar-refractivity contribution is 14.0. The minimum Gasteiger partial charge on any atom is -0.356 e. The predicted molar refractivity (Wildman–Crippen MR) is 121 cm³/mol. The quantitative estimate of drug-likeness (QED) is 0.206. The highest BCUT2D eigenvalue weighted by Gasteiger charge is 2.17. The van der Waals surface area contributed by atoms with Crippen molar-refractivity contribution in [1.29, 1.82) is 0 Å². The first kappa shape index (κ1) is 25.9. The molecule has 0 aromatic rings. The molecule has 26 heavy (non-hydrogen) atoms. The van der Waals surface area contributed by atoms with E-state index in [1.54, 1.807) is 21.0 Å². The van der Waals surface area contributed by atoms with Crippen LogP contribution in [0.3, 0.4) is 0 Å². The average molecular weight is 503 g/mol. The Morgan fingerprint density at radius 3 is 2.46 bits per heavy atom. The van der Waals surface area contributed by atoms with E-state index in [0.29, 0.717) is 19.1 Å². The predicted octanol–water partition coefficient (Wildman–Crippen LogP) is 1.71. The van der Waals surface area contributed by atoms with Crippen molar-refractivity contribution in [3.05, 3.63) is 0 Å². The van der Waals surface area contributed by atoms with E-state index >= 15 is 0 Å². The van der Waals surface area contributed by atoms with Gasteiger partial charge in [-0.3, -0.25) is 4.99 Å². The summed E-state index contributed by atoms with van der Waals surface area (Å²) in [5.74, 6) is 0.934. The maximum absolute atomic E-state index is 11.7. The van der Waals surface area contributed by atoms with Crippen LogP contribution in [0.15, 0.2) is 4.99 Å². The number of piperidine rings is 1. The van der Waals surface area contributed by atoms with Gasteiger partial charge < -0.3 is 15.5 Å². The summed E-state index contributed by atoms with van der Waals surface area (Å²) in [6, 6.07) is 0.711. The highest BCUT2D eigenvalue weighted by atomic mass is 127. The van der Waals surface area contributed by atoms with Gasteiger partial charge in [0.15, 0.2) is 5.96 Å². The number of hydrogen-bond donors (Lipinski definition) is 2. The molecule has 1 aliphatic heterocycles. The maximum atomic E-state index is 11.7. The van der Waals surface area contributed by atoms with Gasteiger partial charge in [-0.25, -0.2) is 12.7 Å². The second-order valence-corrected chi connectivity index (χ2v) is 9.10. The molecule has 1 fully saturated rings. The van der Waals surface area contributed by atoms with Crippen LogP contribution in [0.4, 0.5) is 0 Å². The lowest BCUT2D eigenvalue weighted by Crippen LogP contribution is -2.42. The van der Waals surface area contributed by atoms with E-state index in [2.05, 4.69) is 27.4 Å². The molecule has 0 aliphatic carbocycles. The normalized spacial score (nSPS) is 19.3. The fraction of sp³-hybridized carbons (Fsp3) is 0.941. The van der Waals surface area contributed by atoms with Crippen LogP contribution in [-0.2, 0) is 10.0 Å². The summed E-state index contributed by atoms with van der Waals surface area (Å²) in [5, 5.41) is 6.58. The third-order valence-electron chi connectivity index (χ3n) is 4.86. The van der Waals surface area contributed by atoms with E-state index < -0.39 is 10.0 Å². The van der Waals surface area contributed by atoms with E-state index in [1.165, 1.54) is 30.1 Å². The summed E-state index contributed by atoms with van der Waals surface area (Å²) >= 11 is 0. The van der Waals surface area contributed by atoms with Gasteiger partial charge in [0.1, 0.15) is 0 Å². The van der Waals surface area contributed by atoms with Gasteiger partial charge in [-0.05, 0) is 46.1 Å². The molecule has 0 radical (unpaired) electrons. The molecule has 0 saturated carbocycles. The summed E-state index contributed by atoms with van der Waals surface area (Å²) in [6.45, 7) is 8.46. The van der Waals surface area contributed by atoms with Gasteiger partial charge in [0.25, 0.3) is 0 Å². The Morgan fingerprint density at radius 1 is 1.23 bits per heavy atom. The molecule has 1 atom stereocenters. The molecule has 156 valence electrons. The van der Waals surface area contributed by atoms with Crippen molar-refractivity contribution in [2.24, 2.45) is 4.99 Å². The Kier molecular flexibility index (Phi) is 13.9. The average Bonchev–Trinajstić information content (AvgIpc) is 2.61. The van der Waals surface area contributed by atoms with Crippen LogP contribution in [0.1, 0.15) is 46.0 Å². The number of sulfonamides is 1. The van der Waals surface area contributed by atoms with Crippen molar-refractivity contribution in [2.45, 2.75) is 52.0 Å².